The summed E-state index contributed by atoms with van der Waals surface area (Å²) in [4.78, 5) is 21.5. The van der Waals surface area contributed by atoms with Gasteiger partial charge in [-0.3, -0.25) is 4.90 Å². The van der Waals surface area contributed by atoms with Gasteiger partial charge in [-0.2, -0.15) is 5.26 Å². The van der Waals surface area contributed by atoms with Gasteiger partial charge in [0.25, 0.3) is 0 Å². The maximum atomic E-state index is 12.4. The van der Waals surface area contributed by atoms with E-state index in [1.54, 1.807) is 17.3 Å². The van der Waals surface area contributed by atoms with Crippen LogP contribution < -0.4 is 4.90 Å². The summed E-state index contributed by atoms with van der Waals surface area (Å²) in [7, 11) is 0. The second-order valence-electron chi connectivity index (χ2n) is 7.66. The maximum Gasteiger partial charge on any atom is 0.414 e. The quantitative estimate of drug-likeness (QED) is 0.697. The lowest BCUT2D eigenvalue weighted by Gasteiger charge is -2.24. The van der Waals surface area contributed by atoms with Crippen LogP contribution in [0.5, 0.6) is 0 Å². The summed E-state index contributed by atoms with van der Waals surface area (Å²) in [5, 5.41) is 10.0. The number of carbonyl (C=O) groups is 1. The van der Waals surface area contributed by atoms with Crippen LogP contribution in [0, 0.1) is 11.3 Å². The van der Waals surface area contributed by atoms with Crippen molar-refractivity contribution >= 4 is 22.8 Å². The molecule has 0 aliphatic carbocycles. The van der Waals surface area contributed by atoms with Crippen molar-refractivity contribution in [1.82, 2.24) is 9.97 Å². The van der Waals surface area contributed by atoms with Crippen molar-refractivity contribution in [3.05, 3.63) is 47.8 Å². The van der Waals surface area contributed by atoms with Crippen LogP contribution in [0.3, 0.4) is 0 Å². The number of H-pyrrole nitrogens is 1. The number of amides is 1. The number of nitriles is 1. The van der Waals surface area contributed by atoms with Crippen molar-refractivity contribution in [2.45, 2.75) is 32.8 Å². The molecule has 6 heteroatoms. The lowest BCUT2D eigenvalue weighted by atomic mass is 10.0. The number of benzene rings is 1. The summed E-state index contributed by atoms with van der Waals surface area (Å²) in [6, 6.07) is 10.2. The lowest BCUT2D eigenvalue weighted by Crippen LogP contribution is -2.35. The fraction of sp³-hybridized carbons (Fsp3) is 0.286. The number of carbonyl (C=O) groups excluding carboxylic acids is 1. The number of hydrogen-bond donors (Lipinski definition) is 1. The molecule has 1 aliphatic rings. The third-order valence-electron chi connectivity index (χ3n) is 4.57. The van der Waals surface area contributed by atoms with Crippen LogP contribution in [-0.2, 0) is 11.2 Å². The topological polar surface area (TPSA) is 82.0 Å². The van der Waals surface area contributed by atoms with E-state index >= 15 is 0 Å². The highest BCUT2D eigenvalue weighted by Gasteiger charge is 2.29. The van der Waals surface area contributed by atoms with Crippen LogP contribution in [0.2, 0.25) is 0 Å². The van der Waals surface area contributed by atoms with Gasteiger partial charge in [0.1, 0.15) is 17.3 Å². The van der Waals surface area contributed by atoms with Gasteiger partial charge in [-0.15, -0.1) is 0 Å². The van der Waals surface area contributed by atoms with Gasteiger partial charge >= 0.3 is 6.09 Å². The molecule has 2 aromatic heterocycles. The number of ether oxygens (including phenoxy) is 1. The number of hydrogen-bond acceptors (Lipinski definition) is 4. The Labute approximate surface area is 157 Å². The molecule has 0 unspecified atom stereocenters. The molecule has 3 heterocycles. The molecule has 1 N–H and O–H groups in total. The number of aromatic nitrogens is 2. The second-order valence-corrected chi connectivity index (χ2v) is 7.66. The maximum absolute atomic E-state index is 12.4. The molecule has 0 radical (unpaired) electrons. The Bertz CT molecular complexity index is 1090. The Morgan fingerprint density at radius 3 is 2.85 bits per heavy atom. The number of fused-ring (bicyclic) bond motifs is 2. The van der Waals surface area contributed by atoms with Crippen LogP contribution in [-0.4, -0.2) is 28.2 Å². The van der Waals surface area contributed by atoms with Gasteiger partial charge in [-0.1, -0.05) is 6.07 Å². The van der Waals surface area contributed by atoms with E-state index < -0.39 is 5.60 Å². The van der Waals surface area contributed by atoms with Crippen molar-refractivity contribution in [3.63, 3.8) is 0 Å². The van der Waals surface area contributed by atoms with Crippen LogP contribution in [0.15, 0.2) is 36.7 Å². The number of rotatable bonds is 1. The van der Waals surface area contributed by atoms with Gasteiger partial charge in [-0.05, 0) is 56.5 Å². The fourth-order valence-electron chi connectivity index (χ4n) is 3.34. The Kier molecular flexibility index (Phi) is 3.88. The first-order chi connectivity index (χ1) is 12.9. The normalized spacial score (nSPS) is 13.5. The molecule has 0 bridgehead atoms. The molecule has 1 amide bonds. The lowest BCUT2D eigenvalue weighted by molar-refractivity contribution is 0.0584. The molecule has 3 aromatic rings. The SMILES string of the molecule is CC(C)(C)OC(=O)N1CCc2cc(-c3cnc4[nH]cc(C#N)c4c3)ccc21. The van der Waals surface area contributed by atoms with Crippen LogP contribution in [0.1, 0.15) is 31.9 Å². The molecular formula is C21H20N4O2. The first-order valence-corrected chi connectivity index (χ1v) is 8.87. The summed E-state index contributed by atoms with van der Waals surface area (Å²) < 4.78 is 5.50. The summed E-state index contributed by atoms with van der Waals surface area (Å²) in [6.07, 6.45) is 3.93. The zero-order chi connectivity index (χ0) is 19.2. The third-order valence-corrected chi connectivity index (χ3v) is 4.57. The third kappa shape index (κ3) is 3.13. The van der Waals surface area contributed by atoms with Gasteiger partial charge in [0.15, 0.2) is 0 Å². The number of anilines is 1. The monoisotopic (exact) mass is 360 g/mol. The van der Waals surface area contributed by atoms with E-state index in [0.29, 0.717) is 17.8 Å². The van der Waals surface area contributed by atoms with Gasteiger partial charge in [-0.25, -0.2) is 9.78 Å². The molecule has 4 rings (SSSR count). The first kappa shape index (κ1) is 17.1. The summed E-state index contributed by atoms with van der Waals surface area (Å²) >= 11 is 0. The van der Waals surface area contributed by atoms with Crippen molar-refractivity contribution in [1.29, 1.82) is 5.26 Å². The predicted molar refractivity (Wildman–Crippen MR) is 104 cm³/mol. The Hall–Kier alpha value is -3.33. The second kappa shape index (κ2) is 6.13. The average molecular weight is 360 g/mol. The van der Waals surface area contributed by atoms with E-state index in [1.807, 2.05) is 39.0 Å². The fourth-order valence-corrected chi connectivity index (χ4v) is 3.34. The highest BCUT2D eigenvalue weighted by atomic mass is 16.6. The first-order valence-electron chi connectivity index (χ1n) is 8.87. The van der Waals surface area contributed by atoms with Crippen LogP contribution in [0.4, 0.5) is 10.5 Å². The smallest absolute Gasteiger partial charge is 0.414 e. The average Bonchev–Trinajstić information content (AvgIpc) is 3.22. The highest BCUT2D eigenvalue weighted by Crippen LogP contribution is 2.34. The minimum atomic E-state index is -0.518. The Morgan fingerprint density at radius 1 is 1.30 bits per heavy atom. The number of aromatic amines is 1. The molecule has 1 aliphatic heterocycles. The van der Waals surface area contributed by atoms with Crippen LogP contribution >= 0.6 is 0 Å². The predicted octanol–water partition coefficient (Wildman–Crippen LogP) is 4.40. The van der Waals surface area contributed by atoms with E-state index in [4.69, 9.17) is 4.74 Å². The molecule has 0 fully saturated rings. The molecule has 0 atom stereocenters. The summed E-state index contributed by atoms with van der Waals surface area (Å²) in [5.41, 5.74) is 4.71. The number of nitrogens with zero attached hydrogens (tertiary/aromatic N) is 3. The van der Waals surface area contributed by atoms with E-state index in [0.717, 1.165) is 34.2 Å². The van der Waals surface area contributed by atoms with Crippen molar-refractivity contribution in [3.8, 4) is 17.2 Å². The zero-order valence-electron chi connectivity index (χ0n) is 15.5. The summed E-state index contributed by atoms with van der Waals surface area (Å²) in [5.74, 6) is 0. The minimum Gasteiger partial charge on any atom is -0.443 e. The van der Waals surface area contributed by atoms with Gasteiger partial charge in [0.05, 0.1) is 11.3 Å². The zero-order valence-corrected chi connectivity index (χ0v) is 15.5. The molecular weight excluding hydrogens is 340 g/mol. The van der Waals surface area contributed by atoms with Crippen LogP contribution in [0.25, 0.3) is 22.2 Å². The Balaban J connectivity index is 1.67. The largest absolute Gasteiger partial charge is 0.443 e. The Morgan fingerprint density at radius 2 is 2.11 bits per heavy atom. The van der Waals surface area contributed by atoms with Gasteiger partial charge in [0, 0.05) is 29.9 Å². The summed E-state index contributed by atoms with van der Waals surface area (Å²) in [6.45, 7) is 6.21. The van der Waals surface area contributed by atoms with E-state index in [2.05, 4.69) is 22.1 Å². The van der Waals surface area contributed by atoms with Gasteiger partial charge < -0.3 is 9.72 Å². The molecule has 0 spiro atoms. The van der Waals surface area contributed by atoms with E-state index in [9.17, 15) is 10.1 Å². The molecule has 136 valence electrons. The minimum absolute atomic E-state index is 0.317. The van der Waals surface area contributed by atoms with Crippen molar-refractivity contribution in [2.75, 3.05) is 11.4 Å². The molecule has 0 saturated heterocycles. The number of nitrogens with one attached hydrogen (secondary N) is 1. The van der Waals surface area contributed by atoms with E-state index in [-0.39, 0.29) is 6.09 Å². The number of pyridine rings is 1. The molecule has 1 aromatic carbocycles. The molecule has 6 nitrogen and oxygen atoms in total. The molecule has 0 saturated carbocycles. The van der Waals surface area contributed by atoms with Crippen molar-refractivity contribution in [2.24, 2.45) is 0 Å². The van der Waals surface area contributed by atoms with E-state index in [1.165, 1.54) is 0 Å². The van der Waals surface area contributed by atoms with Crippen molar-refractivity contribution < 1.29 is 9.53 Å². The van der Waals surface area contributed by atoms with Gasteiger partial charge in [0.2, 0.25) is 0 Å². The standard InChI is InChI=1S/C21H20N4O2/c1-21(2,3)27-20(26)25-7-6-14-8-13(4-5-18(14)25)15-9-17-16(10-22)12-24-19(17)23-11-15/h4-5,8-9,11-12H,6-7H2,1-3H3,(H,23,24). The highest BCUT2D eigenvalue weighted by molar-refractivity contribution is 5.92. The molecule has 27 heavy (non-hydrogen) atoms.